The maximum absolute atomic E-state index is 12.8. The number of nitrogens with zero attached hydrogens (tertiary/aromatic N) is 1. The highest BCUT2D eigenvalue weighted by atomic mass is 19.4. The Bertz CT molecular complexity index is 758. The molecule has 2 rings (SSSR count). The molecule has 0 aliphatic carbocycles. The maximum atomic E-state index is 12.8. The van der Waals surface area contributed by atoms with Crippen molar-refractivity contribution in [1.82, 2.24) is 4.57 Å². The molecule has 136 valence electrons. The number of hydrogen-bond acceptors (Lipinski definition) is 1. The molecule has 6 heteroatoms. The highest BCUT2D eigenvalue weighted by Gasteiger charge is 2.30. The van der Waals surface area contributed by atoms with Crippen LogP contribution in [0.25, 0.3) is 11.1 Å². The summed E-state index contributed by atoms with van der Waals surface area (Å²) in [5, 5.41) is 0. The average molecular weight is 352 g/mol. The van der Waals surface area contributed by atoms with Crippen molar-refractivity contribution < 1.29 is 18.0 Å². The number of amides is 1. The van der Waals surface area contributed by atoms with Crippen molar-refractivity contribution >= 4 is 5.91 Å². The van der Waals surface area contributed by atoms with E-state index in [0.717, 1.165) is 42.9 Å². The van der Waals surface area contributed by atoms with Crippen LogP contribution in [0.4, 0.5) is 13.2 Å². The van der Waals surface area contributed by atoms with E-state index in [1.165, 1.54) is 12.1 Å². The number of benzene rings is 1. The van der Waals surface area contributed by atoms with Gasteiger partial charge in [0.15, 0.2) is 0 Å². The van der Waals surface area contributed by atoms with Crippen LogP contribution < -0.4 is 5.73 Å². The summed E-state index contributed by atoms with van der Waals surface area (Å²) >= 11 is 0. The molecule has 0 aliphatic heterocycles. The van der Waals surface area contributed by atoms with E-state index in [9.17, 15) is 18.0 Å². The van der Waals surface area contributed by atoms with Gasteiger partial charge in [-0.1, -0.05) is 32.4 Å². The second-order valence-electron chi connectivity index (χ2n) is 6.08. The molecule has 0 aliphatic rings. The molecule has 1 aromatic heterocycles. The lowest BCUT2D eigenvalue weighted by Crippen LogP contribution is -2.13. The van der Waals surface area contributed by atoms with Gasteiger partial charge in [-0.25, -0.2) is 0 Å². The monoisotopic (exact) mass is 352 g/mol. The smallest absolute Gasteiger partial charge is 0.366 e. The van der Waals surface area contributed by atoms with Gasteiger partial charge in [0.05, 0.1) is 11.1 Å². The third-order valence-electron chi connectivity index (χ3n) is 4.45. The summed E-state index contributed by atoms with van der Waals surface area (Å²) in [6, 6.07) is 4.90. The number of nitrogens with two attached hydrogens (primary N) is 1. The average Bonchev–Trinajstić information content (AvgIpc) is 2.84. The van der Waals surface area contributed by atoms with Crippen LogP contribution in [0.3, 0.4) is 0 Å². The van der Waals surface area contributed by atoms with Crippen LogP contribution in [0.1, 0.15) is 54.0 Å². The van der Waals surface area contributed by atoms with Crippen LogP contribution >= 0.6 is 0 Å². The highest BCUT2D eigenvalue weighted by molar-refractivity contribution is 6.02. The number of primary amides is 1. The summed E-state index contributed by atoms with van der Waals surface area (Å²) in [6.07, 6.45) is -1.77. The van der Waals surface area contributed by atoms with E-state index in [-0.39, 0.29) is 0 Å². The van der Waals surface area contributed by atoms with E-state index >= 15 is 0 Å². The molecule has 3 nitrogen and oxygen atoms in total. The van der Waals surface area contributed by atoms with Crippen molar-refractivity contribution in [2.75, 3.05) is 0 Å². The predicted octanol–water partition coefficient (Wildman–Crippen LogP) is 4.94. The molecular formula is C19H23F3N2O. The number of halogens is 3. The molecule has 0 atom stereocenters. The van der Waals surface area contributed by atoms with Crippen LogP contribution in [0.15, 0.2) is 24.3 Å². The SMILES string of the molecule is CCCCn1c(C)c(C(N)=O)c(-c2ccc(C(F)(F)F)cc2)c1CC. The lowest BCUT2D eigenvalue weighted by Gasteiger charge is -2.12. The summed E-state index contributed by atoms with van der Waals surface area (Å²) in [5.41, 5.74) is 8.20. The molecule has 0 spiro atoms. The van der Waals surface area contributed by atoms with Crippen molar-refractivity contribution in [2.24, 2.45) is 5.73 Å². The van der Waals surface area contributed by atoms with Gasteiger partial charge in [-0.05, 0) is 37.5 Å². The minimum absolute atomic E-state index is 0.396. The fourth-order valence-corrected chi connectivity index (χ4v) is 3.22. The molecular weight excluding hydrogens is 329 g/mol. The molecule has 0 bridgehead atoms. The zero-order chi connectivity index (χ0) is 18.8. The van der Waals surface area contributed by atoms with E-state index in [1.807, 2.05) is 13.8 Å². The second-order valence-corrected chi connectivity index (χ2v) is 6.08. The Hall–Kier alpha value is -2.24. The quantitative estimate of drug-likeness (QED) is 0.786. The van der Waals surface area contributed by atoms with Crippen molar-refractivity contribution in [3.05, 3.63) is 46.8 Å². The third kappa shape index (κ3) is 3.72. The van der Waals surface area contributed by atoms with Crippen molar-refractivity contribution in [2.45, 2.75) is 52.8 Å². The number of alkyl halides is 3. The number of rotatable bonds is 6. The Morgan fingerprint density at radius 2 is 1.76 bits per heavy atom. The Kier molecular flexibility index (Phi) is 5.60. The fraction of sp³-hybridized carbons (Fsp3) is 0.421. The van der Waals surface area contributed by atoms with Crippen molar-refractivity contribution in [3.8, 4) is 11.1 Å². The zero-order valence-electron chi connectivity index (χ0n) is 14.7. The first kappa shape index (κ1) is 19.1. The second kappa shape index (κ2) is 7.33. The highest BCUT2D eigenvalue weighted by Crippen LogP contribution is 2.36. The van der Waals surface area contributed by atoms with Crippen molar-refractivity contribution in [3.63, 3.8) is 0 Å². The van der Waals surface area contributed by atoms with Crippen molar-refractivity contribution in [1.29, 1.82) is 0 Å². The Morgan fingerprint density at radius 3 is 2.20 bits per heavy atom. The summed E-state index contributed by atoms with van der Waals surface area (Å²) in [7, 11) is 0. The van der Waals surface area contributed by atoms with E-state index in [4.69, 9.17) is 5.73 Å². The van der Waals surface area contributed by atoms with Crippen LogP contribution in [-0.2, 0) is 19.1 Å². The summed E-state index contributed by atoms with van der Waals surface area (Å²) in [4.78, 5) is 12.0. The molecule has 1 amide bonds. The van der Waals surface area contributed by atoms with E-state index in [1.54, 1.807) is 0 Å². The van der Waals surface area contributed by atoms with Gasteiger partial charge in [0.1, 0.15) is 0 Å². The number of carbonyl (C=O) groups excluding carboxylic acids is 1. The largest absolute Gasteiger partial charge is 0.416 e. The minimum Gasteiger partial charge on any atom is -0.366 e. The standard InChI is InChI=1S/C19H23F3N2O/c1-4-6-11-24-12(3)16(18(23)25)17(15(24)5-2)13-7-9-14(10-8-13)19(20,21)22/h7-10H,4-6,11H2,1-3H3,(H2,23,25). The predicted molar refractivity (Wildman–Crippen MR) is 92.4 cm³/mol. The van der Waals surface area contributed by atoms with Gasteiger partial charge in [0.25, 0.3) is 5.91 Å². The molecule has 1 heterocycles. The molecule has 0 saturated carbocycles. The van der Waals surface area contributed by atoms with Crippen LogP contribution in [-0.4, -0.2) is 10.5 Å². The maximum Gasteiger partial charge on any atom is 0.416 e. The Balaban J connectivity index is 2.64. The first-order valence-corrected chi connectivity index (χ1v) is 8.41. The fourth-order valence-electron chi connectivity index (χ4n) is 3.22. The molecule has 2 aromatic rings. The van der Waals surface area contributed by atoms with Gasteiger partial charge in [0.2, 0.25) is 0 Å². The Morgan fingerprint density at radius 1 is 1.16 bits per heavy atom. The van der Waals surface area contributed by atoms with Gasteiger partial charge in [-0.3, -0.25) is 4.79 Å². The topological polar surface area (TPSA) is 48.0 Å². The zero-order valence-corrected chi connectivity index (χ0v) is 14.7. The number of hydrogen-bond donors (Lipinski definition) is 1. The van der Waals surface area contributed by atoms with E-state index in [2.05, 4.69) is 11.5 Å². The molecule has 1 aromatic carbocycles. The summed E-state index contributed by atoms with van der Waals surface area (Å²) in [6.45, 7) is 6.64. The lowest BCUT2D eigenvalue weighted by atomic mass is 9.97. The van der Waals surface area contributed by atoms with Gasteiger partial charge in [-0.2, -0.15) is 13.2 Å². The van der Waals surface area contributed by atoms with Crippen LogP contribution in [0.5, 0.6) is 0 Å². The molecule has 0 unspecified atom stereocenters. The first-order chi connectivity index (χ1) is 11.7. The molecule has 2 N–H and O–H groups in total. The molecule has 0 saturated heterocycles. The summed E-state index contributed by atoms with van der Waals surface area (Å²) < 4.78 is 40.5. The lowest BCUT2D eigenvalue weighted by molar-refractivity contribution is -0.137. The van der Waals surface area contributed by atoms with E-state index in [0.29, 0.717) is 23.1 Å². The molecule has 0 fully saturated rings. The number of unbranched alkanes of at least 4 members (excludes halogenated alkanes) is 1. The van der Waals surface area contributed by atoms with Crippen LogP contribution in [0.2, 0.25) is 0 Å². The third-order valence-corrected chi connectivity index (χ3v) is 4.45. The van der Waals surface area contributed by atoms with Crippen LogP contribution in [0, 0.1) is 6.92 Å². The van der Waals surface area contributed by atoms with Gasteiger partial charge < -0.3 is 10.3 Å². The minimum atomic E-state index is -4.39. The normalized spacial score (nSPS) is 11.8. The number of aromatic nitrogens is 1. The van der Waals surface area contributed by atoms with Gasteiger partial charge in [0, 0.05) is 23.5 Å². The first-order valence-electron chi connectivity index (χ1n) is 8.41. The number of carbonyl (C=O) groups is 1. The van der Waals surface area contributed by atoms with Gasteiger partial charge in [-0.15, -0.1) is 0 Å². The van der Waals surface area contributed by atoms with E-state index < -0.39 is 17.6 Å². The molecule has 25 heavy (non-hydrogen) atoms. The summed E-state index contributed by atoms with van der Waals surface area (Å²) in [5.74, 6) is -0.558. The molecule has 0 radical (unpaired) electrons. The Labute approximate surface area is 145 Å². The van der Waals surface area contributed by atoms with Gasteiger partial charge >= 0.3 is 6.18 Å².